The number of imide groups is 1. The molecule has 2 fully saturated rings. The van der Waals surface area contributed by atoms with Crippen molar-refractivity contribution in [2.24, 2.45) is 0 Å². The number of anilines is 1. The van der Waals surface area contributed by atoms with E-state index in [4.69, 9.17) is 0 Å². The Morgan fingerprint density at radius 1 is 1.05 bits per heavy atom. The van der Waals surface area contributed by atoms with Crippen LogP contribution in [0.15, 0.2) is 42.6 Å². The lowest BCUT2D eigenvalue weighted by Crippen LogP contribution is -2.52. The summed E-state index contributed by atoms with van der Waals surface area (Å²) in [5.74, 6) is 0.00428. The number of fused-ring (bicyclic) bond motifs is 2. The quantitative estimate of drug-likeness (QED) is 0.339. The fraction of sp³-hybridized carbons (Fsp3) is 0.296. The van der Waals surface area contributed by atoms with E-state index in [-0.39, 0.29) is 30.5 Å². The van der Waals surface area contributed by atoms with Crippen molar-refractivity contribution in [3.8, 4) is 5.69 Å². The second kappa shape index (κ2) is 8.86. The van der Waals surface area contributed by atoms with Gasteiger partial charge in [-0.3, -0.25) is 24.5 Å². The number of nitrogens with one attached hydrogen (secondary N) is 3. The topological polar surface area (TPSA) is 155 Å². The molecule has 0 radical (unpaired) electrons. The normalized spacial score (nSPS) is 19.2. The summed E-state index contributed by atoms with van der Waals surface area (Å²) >= 11 is 0. The predicted molar refractivity (Wildman–Crippen MR) is 138 cm³/mol. The molecule has 4 heterocycles. The number of piperidine rings is 1. The molecule has 2 aliphatic heterocycles. The van der Waals surface area contributed by atoms with Gasteiger partial charge in [-0.15, -0.1) is 5.10 Å². The maximum absolute atomic E-state index is 13.1. The van der Waals surface area contributed by atoms with Crippen molar-refractivity contribution in [1.82, 2.24) is 35.2 Å². The molecule has 1 saturated carbocycles. The first kappa shape index (κ1) is 23.3. The lowest BCUT2D eigenvalue weighted by Gasteiger charge is -2.29. The molecule has 2 aromatic heterocycles. The third kappa shape index (κ3) is 4.04. The van der Waals surface area contributed by atoms with E-state index >= 15 is 0 Å². The molecule has 1 atom stereocenters. The lowest BCUT2D eigenvalue weighted by molar-refractivity contribution is -0.136. The summed E-state index contributed by atoms with van der Waals surface area (Å²) in [5.41, 5.74) is 4.25. The minimum Gasteiger partial charge on any atom is -0.342 e. The number of carbonyl (C=O) groups excluding carboxylic acids is 4. The monoisotopic (exact) mass is 524 g/mol. The molecule has 3 N–H and O–H groups in total. The van der Waals surface area contributed by atoms with Gasteiger partial charge in [-0.05, 0) is 55.2 Å². The number of H-pyrrole nitrogens is 1. The highest BCUT2D eigenvalue weighted by Crippen LogP contribution is 2.35. The van der Waals surface area contributed by atoms with E-state index < -0.39 is 17.9 Å². The molecule has 1 unspecified atom stereocenters. The zero-order chi connectivity index (χ0) is 26.7. The van der Waals surface area contributed by atoms with Crippen LogP contribution < -0.4 is 10.6 Å². The van der Waals surface area contributed by atoms with Crippen molar-refractivity contribution < 1.29 is 19.2 Å². The molecule has 12 nitrogen and oxygen atoms in total. The fourth-order valence-electron chi connectivity index (χ4n) is 5.36. The van der Waals surface area contributed by atoms with Crippen molar-refractivity contribution in [2.45, 2.75) is 50.6 Å². The molecule has 1 saturated heterocycles. The van der Waals surface area contributed by atoms with Crippen LogP contribution in [-0.2, 0) is 16.1 Å². The lowest BCUT2D eigenvalue weighted by atomic mass is 9.85. The fourth-order valence-corrected chi connectivity index (χ4v) is 5.36. The van der Waals surface area contributed by atoms with Crippen molar-refractivity contribution in [3.63, 3.8) is 0 Å². The molecule has 7 rings (SSSR count). The van der Waals surface area contributed by atoms with Crippen molar-refractivity contribution in [2.75, 3.05) is 5.32 Å². The van der Waals surface area contributed by atoms with E-state index in [1.54, 1.807) is 24.3 Å². The van der Waals surface area contributed by atoms with Gasteiger partial charge in [0.25, 0.3) is 11.8 Å². The Balaban J connectivity index is 1.06. The first-order valence-electron chi connectivity index (χ1n) is 12.9. The third-order valence-electron chi connectivity index (χ3n) is 7.75. The highest BCUT2D eigenvalue weighted by molar-refractivity contribution is 6.06. The molecule has 0 spiro atoms. The second-order valence-electron chi connectivity index (χ2n) is 10.2. The third-order valence-corrected chi connectivity index (χ3v) is 7.75. The number of nitrogens with zero attached hydrogens (tertiary/aromatic N) is 5. The van der Waals surface area contributed by atoms with E-state index in [0.29, 0.717) is 29.3 Å². The number of hydrogen-bond acceptors (Lipinski definition) is 7. The molecule has 3 aliphatic rings. The van der Waals surface area contributed by atoms with Crippen LogP contribution in [0.2, 0.25) is 0 Å². The Labute approximate surface area is 221 Å². The predicted octanol–water partition coefficient (Wildman–Crippen LogP) is 2.42. The van der Waals surface area contributed by atoms with E-state index in [1.165, 1.54) is 22.2 Å². The number of hydrogen-bond donors (Lipinski definition) is 3. The second-order valence-corrected chi connectivity index (χ2v) is 10.2. The van der Waals surface area contributed by atoms with Gasteiger partial charge in [0.15, 0.2) is 5.69 Å². The molecule has 2 aromatic carbocycles. The highest BCUT2D eigenvalue weighted by Gasteiger charge is 2.39. The molecule has 39 heavy (non-hydrogen) atoms. The number of carbonyl (C=O) groups is 4. The number of benzene rings is 2. The van der Waals surface area contributed by atoms with Crippen LogP contribution in [0, 0.1) is 0 Å². The minimum atomic E-state index is -0.682. The van der Waals surface area contributed by atoms with E-state index in [9.17, 15) is 19.2 Å². The smallest absolute Gasteiger partial charge is 0.277 e. The van der Waals surface area contributed by atoms with Crippen LogP contribution >= 0.6 is 0 Å². The molecule has 4 aromatic rings. The van der Waals surface area contributed by atoms with Gasteiger partial charge in [0.05, 0.1) is 22.9 Å². The molecule has 4 amide bonds. The summed E-state index contributed by atoms with van der Waals surface area (Å²) in [6, 6.07) is 10.1. The average Bonchev–Trinajstić information content (AvgIpc) is 3.60. The number of rotatable bonds is 5. The summed E-state index contributed by atoms with van der Waals surface area (Å²) in [7, 11) is 0. The van der Waals surface area contributed by atoms with Gasteiger partial charge in [0.2, 0.25) is 11.8 Å². The first-order chi connectivity index (χ1) is 18.9. The standard InChI is InChI=1S/C27H24N8O4/c36-23-9-8-22(26(38)31-23)34-12-15-4-6-17(11-18(15)27(34)39)35-13-21(32-33-35)25(37)28-16-5-7-19-20(10-16)30-24(29-19)14-2-1-3-14/h4-7,10-11,13-14,22H,1-3,8-9,12H2,(H,28,37)(H,29,30)(H,31,36,38). The number of imidazole rings is 1. The van der Waals surface area contributed by atoms with Crippen molar-refractivity contribution in [1.29, 1.82) is 0 Å². The average molecular weight is 525 g/mol. The molecule has 12 heteroatoms. The Hall–Kier alpha value is -4.87. The SMILES string of the molecule is O=C1CCC(N2Cc3ccc(-n4cc(C(=O)Nc5ccc6nc(C7CCC7)[nH]c6c5)nn4)cc3C2=O)C(=O)N1. The van der Waals surface area contributed by atoms with E-state index in [2.05, 4.69) is 30.9 Å². The van der Waals surface area contributed by atoms with Gasteiger partial charge in [0.1, 0.15) is 11.9 Å². The molecule has 0 bridgehead atoms. The number of aromatic amines is 1. The molecular weight excluding hydrogens is 500 g/mol. The summed E-state index contributed by atoms with van der Waals surface area (Å²) in [4.78, 5) is 59.3. The maximum Gasteiger partial charge on any atom is 0.277 e. The summed E-state index contributed by atoms with van der Waals surface area (Å²) in [6.45, 7) is 0.286. The highest BCUT2D eigenvalue weighted by atomic mass is 16.2. The number of aromatic nitrogens is 5. The molecule has 196 valence electrons. The minimum absolute atomic E-state index is 0.117. The van der Waals surface area contributed by atoms with Gasteiger partial charge in [-0.1, -0.05) is 17.7 Å². The number of amides is 4. The van der Waals surface area contributed by atoms with Crippen LogP contribution in [-0.4, -0.2) is 59.5 Å². The van der Waals surface area contributed by atoms with Gasteiger partial charge >= 0.3 is 0 Å². The van der Waals surface area contributed by atoms with Crippen LogP contribution in [0.25, 0.3) is 16.7 Å². The Kier molecular flexibility index (Phi) is 5.28. The first-order valence-corrected chi connectivity index (χ1v) is 12.9. The van der Waals surface area contributed by atoms with Crippen LogP contribution in [0.4, 0.5) is 5.69 Å². The van der Waals surface area contributed by atoms with Crippen LogP contribution in [0.3, 0.4) is 0 Å². The zero-order valence-electron chi connectivity index (χ0n) is 20.8. The zero-order valence-corrected chi connectivity index (χ0v) is 20.8. The van der Waals surface area contributed by atoms with Gasteiger partial charge in [-0.2, -0.15) is 0 Å². The van der Waals surface area contributed by atoms with Gasteiger partial charge < -0.3 is 15.2 Å². The van der Waals surface area contributed by atoms with Crippen LogP contribution in [0.5, 0.6) is 0 Å². The van der Waals surface area contributed by atoms with Gasteiger partial charge in [0, 0.05) is 30.1 Å². The Morgan fingerprint density at radius 2 is 1.92 bits per heavy atom. The molecule has 1 aliphatic carbocycles. The summed E-state index contributed by atoms with van der Waals surface area (Å²) < 4.78 is 1.43. The summed E-state index contributed by atoms with van der Waals surface area (Å²) in [6.07, 6.45) is 5.52. The Morgan fingerprint density at radius 3 is 2.72 bits per heavy atom. The van der Waals surface area contributed by atoms with E-state index in [1.807, 2.05) is 12.1 Å². The van der Waals surface area contributed by atoms with E-state index in [0.717, 1.165) is 35.3 Å². The van der Waals surface area contributed by atoms with Crippen molar-refractivity contribution >= 4 is 40.3 Å². The molecular formula is C27H24N8O4. The Bertz CT molecular complexity index is 1680. The van der Waals surface area contributed by atoms with Crippen LogP contribution in [0.1, 0.15) is 70.3 Å². The largest absolute Gasteiger partial charge is 0.342 e. The maximum atomic E-state index is 13.1. The summed E-state index contributed by atoms with van der Waals surface area (Å²) in [5, 5.41) is 13.3. The van der Waals surface area contributed by atoms with Gasteiger partial charge in [-0.25, -0.2) is 9.67 Å². The van der Waals surface area contributed by atoms with Crippen molar-refractivity contribution in [3.05, 3.63) is 65.2 Å².